The second-order valence-corrected chi connectivity index (χ2v) is 9.39. The van der Waals surface area contributed by atoms with Gasteiger partial charge in [0.15, 0.2) is 0 Å². The average molecular weight is 455 g/mol. The largest absolute Gasteiger partial charge is 0.444 e. The molecule has 1 aliphatic heterocycles. The zero-order valence-electron chi connectivity index (χ0n) is 20.3. The smallest absolute Gasteiger partial charge is 0.410 e. The van der Waals surface area contributed by atoms with Crippen LogP contribution in [0.5, 0.6) is 0 Å². The Labute approximate surface area is 195 Å². The summed E-state index contributed by atoms with van der Waals surface area (Å²) in [6.07, 6.45) is 2.87. The molecule has 9 heteroatoms. The molecule has 2 heterocycles. The molecule has 1 aliphatic rings. The van der Waals surface area contributed by atoms with Gasteiger partial charge in [0.05, 0.1) is 24.1 Å². The molecule has 33 heavy (non-hydrogen) atoms. The van der Waals surface area contributed by atoms with Gasteiger partial charge in [0.2, 0.25) is 5.95 Å². The van der Waals surface area contributed by atoms with Gasteiger partial charge in [0, 0.05) is 26.2 Å². The van der Waals surface area contributed by atoms with Crippen LogP contribution in [0.1, 0.15) is 50.4 Å². The van der Waals surface area contributed by atoms with E-state index < -0.39 is 5.60 Å². The van der Waals surface area contributed by atoms with Gasteiger partial charge in [-0.05, 0) is 58.2 Å². The van der Waals surface area contributed by atoms with E-state index in [-0.39, 0.29) is 18.2 Å². The predicted molar refractivity (Wildman–Crippen MR) is 129 cm³/mol. The summed E-state index contributed by atoms with van der Waals surface area (Å²) in [6, 6.07) is 5.71. The molecule has 1 fully saturated rings. The number of anilines is 2. The number of rotatable bonds is 4. The van der Waals surface area contributed by atoms with Gasteiger partial charge < -0.3 is 25.2 Å². The van der Waals surface area contributed by atoms with Crippen molar-refractivity contribution in [3.8, 4) is 0 Å². The van der Waals surface area contributed by atoms with Gasteiger partial charge in [-0.15, -0.1) is 0 Å². The molecule has 1 unspecified atom stereocenters. The van der Waals surface area contributed by atoms with E-state index in [2.05, 4.69) is 46.6 Å². The van der Waals surface area contributed by atoms with Crippen LogP contribution in [0.2, 0.25) is 0 Å². The number of piperazine rings is 1. The highest BCUT2D eigenvalue weighted by Gasteiger charge is 2.26. The predicted octanol–water partition coefficient (Wildman–Crippen LogP) is 4.03. The number of aryl methyl sites for hydroxylation is 2. The monoisotopic (exact) mass is 454 g/mol. The van der Waals surface area contributed by atoms with E-state index in [1.807, 2.05) is 38.7 Å². The lowest BCUT2D eigenvalue weighted by atomic mass is 10.0. The van der Waals surface area contributed by atoms with Crippen LogP contribution in [-0.4, -0.2) is 58.8 Å². The van der Waals surface area contributed by atoms with Crippen LogP contribution in [0.3, 0.4) is 0 Å². The van der Waals surface area contributed by atoms with Gasteiger partial charge in [-0.1, -0.05) is 18.2 Å². The Bertz CT molecular complexity index is 979. The molecule has 0 saturated carbocycles. The van der Waals surface area contributed by atoms with Gasteiger partial charge in [-0.25, -0.2) is 19.6 Å². The van der Waals surface area contributed by atoms with Gasteiger partial charge in [0.25, 0.3) is 0 Å². The molecule has 9 nitrogen and oxygen atoms in total. The van der Waals surface area contributed by atoms with Crippen LogP contribution in [0.15, 0.2) is 30.6 Å². The molecule has 1 aromatic carbocycles. The highest BCUT2D eigenvalue weighted by molar-refractivity contribution is 5.89. The maximum absolute atomic E-state index is 12.4. The third-order valence-corrected chi connectivity index (χ3v) is 5.49. The van der Waals surface area contributed by atoms with E-state index in [9.17, 15) is 9.59 Å². The SMILES string of the molecule is Cc1ccc(C(C)NC(=O)Nc2cnc(N3CCN(C(=O)OC(C)(C)C)CC3)nc2)cc1C. The van der Waals surface area contributed by atoms with Crippen LogP contribution in [-0.2, 0) is 4.74 Å². The minimum Gasteiger partial charge on any atom is -0.444 e. The summed E-state index contributed by atoms with van der Waals surface area (Å²) in [7, 11) is 0. The van der Waals surface area contributed by atoms with Crippen molar-refractivity contribution in [3.63, 3.8) is 0 Å². The zero-order chi connectivity index (χ0) is 24.2. The molecule has 2 N–H and O–H groups in total. The second-order valence-electron chi connectivity index (χ2n) is 9.39. The standard InChI is InChI=1S/C24H34N6O3/c1-16-7-8-19(13-17(16)2)18(3)27-22(31)28-20-14-25-21(26-15-20)29-9-11-30(12-10-29)23(32)33-24(4,5)6/h7-8,13-15,18H,9-12H2,1-6H3,(H2,27,28,31). The average Bonchev–Trinajstić information content (AvgIpc) is 2.75. The highest BCUT2D eigenvalue weighted by Crippen LogP contribution is 2.18. The summed E-state index contributed by atoms with van der Waals surface area (Å²) in [4.78, 5) is 37.1. The Kier molecular flexibility index (Phi) is 7.40. The summed E-state index contributed by atoms with van der Waals surface area (Å²) < 4.78 is 5.43. The molecular formula is C24H34N6O3. The van der Waals surface area contributed by atoms with Crippen molar-refractivity contribution in [2.75, 3.05) is 36.4 Å². The van der Waals surface area contributed by atoms with E-state index in [0.29, 0.717) is 37.8 Å². The molecule has 1 atom stereocenters. The van der Waals surface area contributed by atoms with Crippen molar-refractivity contribution >= 4 is 23.8 Å². The van der Waals surface area contributed by atoms with Crippen LogP contribution in [0.25, 0.3) is 0 Å². The lowest BCUT2D eigenvalue weighted by molar-refractivity contribution is 0.0240. The Hall–Kier alpha value is -3.36. The second kappa shape index (κ2) is 10.1. The van der Waals surface area contributed by atoms with Crippen molar-refractivity contribution in [2.24, 2.45) is 0 Å². The highest BCUT2D eigenvalue weighted by atomic mass is 16.6. The first kappa shape index (κ1) is 24.3. The minimum atomic E-state index is -0.511. The Balaban J connectivity index is 1.49. The summed E-state index contributed by atoms with van der Waals surface area (Å²) in [6.45, 7) is 13.9. The molecule has 3 amide bonds. The Morgan fingerprint density at radius 2 is 1.67 bits per heavy atom. The summed E-state index contributed by atoms with van der Waals surface area (Å²) in [5.74, 6) is 0.563. The first-order chi connectivity index (χ1) is 15.5. The van der Waals surface area contributed by atoms with Crippen LogP contribution < -0.4 is 15.5 Å². The molecule has 3 rings (SSSR count). The van der Waals surface area contributed by atoms with E-state index in [0.717, 1.165) is 5.56 Å². The van der Waals surface area contributed by atoms with Crippen LogP contribution in [0, 0.1) is 13.8 Å². The Morgan fingerprint density at radius 3 is 2.24 bits per heavy atom. The van der Waals surface area contributed by atoms with Crippen molar-refractivity contribution in [3.05, 3.63) is 47.3 Å². The fraction of sp³-hybridized carbons (Fsp3) is 0.500. The maximum Gasteiger partial charge on any atom is 0.410 e. The first-order valence-corrected chi connectivity index (χ1v) is 11.2. The normalized spacial score (nSPS) is 15.1. The summed E-state index contributed by atoms with van der Waals surface area (Å²) in [5.41, 5.74) is 3.46. The number of nitrogens with one attached hydrogen (secondary N) is 2. The maximum atomic E-state index is 12.4. The van der Waals surface area contributed by atoms with Crippen molar-refractivity contribution < 1.29 is 14.3 Å². The molecule has 0 radical (unpaired) electrons. The lowest BCUT2D eigenvalue weighted by Crippen LogP contribution is -2.50. The molecule has 1 aromatic heterocycles. The molecule has 0 aliphatic carbocycles. The number of nitrogens with zero attached hydrogens (tertiary/aromatic N) is 4. The van der Waals surface area contributed by atoms with E-state index in [1.54, 1.807) is 17.3 Å². The number of ether oxygens (including phenoxy) is 1. The Morgan fingerprint density at radius 1 is 1.03 bits per heavy atom. The molecule has 0 bridgehead atoms. The molecule has 178 valence electrons. The number of amides is 3. The molecule has 1 saturated heterocycles. The van der Waals surface area contributed by atoms with Gasteiger partial charge in [-0.2, -0.15) is 0 Å². The number of hydrogen-bond acceptors (Lipinski definition) is 6. The fourth-order valence-corrected chi connectivity index (χ4v) is 3.45. The lowest BCUT2D eigenvalue weighted by Gasteiger charge is -2.35. The summed E-state index contributed by atoms with van der Waals surface area (Å²) >= 11 is 0. The number of benzene rings is 1. The van der Waals surface area contributed by atoms with Gasteiger partial charge >= 0.3 is 12.1 Å². The quantitative estimate of drug-likeness (QED) is 0.724. The minimum absolute atomic E-state index is 0.134. The molecule has 0 spiro atoms. The molecular weight excluding hydrogens is 420 g/mol. The number of urea groups is 1. The van der Waals surface area contributed by atoms with Crippen molar-refractivity contribution in [1.82, 2.24) is 20.2 Å². The summed E-state index contributed by atoms with van der Waals surface area (Å²) in [5, 5.41) is 5.71. The third kappa shape index (κ3) is 6.81. The van der Waals surface area contributed by atoms with Gasteiger partial charge in [0.1, 0.15) is 5.60 Å². The number of hydrogen-bond donors (Lipinski definition) is 2. The van der Waals surface area contributed by atoms with E-state index in [1.165, 1.54) is 11.1 Å². The van der Waals surface area contributed by atoms with Crippen LogP contribution in [0.4, 0.5) is 21.2 Å². The number of carbonyl (C=O) groups excluding carboxylic acids is 2. The molecule has 2 aromatic rings. The fourth-order valence-electron chi connectivity index (χ4n) is 3.45. The third-order valence-electron chi connectivity index (χ3n) is 5.49. The number of carbonyl (C=O) groups is 2. The van der Waals surface area contributed by atoms with E-state index in [4.69, 9.17) is 4.74 Å². The van der Waals surface area contributed by atoms with Crippen molar-refractivity contribution in [2.45, 2.75) is 53.2 Å². The zero-order valence-corrected chi connectivity index (χ0v) is 20.3. The first-order valence-electron chi connectivity index (χ1n) is 11.2. The number of aromatic nitrogens is 2. The van der Waals surface area contributed by atoms with E-state index >= 15 is 0 Å². The topological polar surface area (TPSA) is 99.7 Å². The van der Waals surface area contributed by atoms with Gasteiger partial charge in [-0.3, -0.25) is 0 Å². The van der Waals surface area contributed by atoms with Crippen LogP contribution >= 0.6 is 0 Å². The van der Waals surface area contributed by atoms with Crippen molar-refractivity contribution in [1.29, 1.82) is 0 Å².